The van der Waals surface area contributed by atoms with Gasteiger partial charge in [-0.2, -0.15) is 4.57 Å². The average Bonchev–Trinajstić information content (AvgIpc) is 3.11. The Hall–Kier alpha value is -2.70. The summed E-state index contributed by atoms with van der Waals surface area (Å²) >= 11 is 3.03. The van der Waals surface area contributed by atoms with E-state index in [4.69, 9.17) is 4.74 Å². The van der Waals surface area contributed by atoms with Crippen LogP contribution in [0.15, 0.2) is 71.7 Å². The summed E-state index contributed by atoms with van der Waals surface area (Å²) in [4.78, 5) is 26.3. The first kappa shape index (κ1) is 22.0. The molecule has 3 aromatic rings. The van der Waals surface area contributed by atoms with Crippen LogP contribution in [0.5, 0.6) is 0 Å². The Balaban J connectivity index is 2.19. The molecule has 0 radical (unpaired) electrons. The number of thiophene rings is 1. The topological polar surface area (TPSA) is 47.3 Å². The molecule has 0 bridgehead atoms. The number of aromatic nitrogens is 1. The van der Waals surface area contributed by atoms with Crippen LogP contribution in [-0.2, 0) is 16.0 Å². The molecule has 0 unspecified atom stereocenters. The molecule has 0 aliphatic rings. The number of nitrogens with zero attached hydrogens (tertiary/aromatic N) is 1. The quantitative estimate of drug-likeness (QED) is 0.156. The third-order valence-electron chi connectivity index (χ3n) is 4.40. The molecule has 2 aromatic heterocycles. The summed E-state index contributed by atoms with van der Waals surface area (Å²) < 4.78 is 8.16. The van der Waals surface area contributed by atoms with E-state index in [1.807, 2.05) is 60.3 Å². The molecule has 0 spiro atoms. The molecule has 0 saturated heterocycles. The predicted octanol–water partition coefficient (Wildman–Crippen LogP) is 4.95. The van der Waals surface area contributed by atoms with Crippen molar-refractivity contribution in [2.45, 2.75) is 24.5 Å². The van der Waals surface area contributed by atoms with Crippen LogP contribution in [0, 0.1) is 6.92 Å². The van der Waals surface area contributed by atoms with E-state index < -0.39 is 0 Å². The molecular weight excluding hydrogens is 414 g/mol. The fraction of sp³-hybridized carbons (Fsp3) is 0.208. The Morgan fingerprint density at radius 1 is 1.17 bits per heavy atom. The average molecular weight is 439 g/mol. The van der Waals surface area contributed by atoms with Gasteiger partial charge < -0.3 is 4.74 Å². The molecule has 0 atom stereocenters. The number of hydrogen-bond donors (Lipinski definition) is 0. The number of esters is 1. The van der Waals surface area contributed by atoms with Gasteiger partial charge in [-0.15, -0.1) is 29.7 Å². The van der Waals surface area contributed by atoms with Crippen molar-refractivity contribution in [3.63, 3.8) is 0 Å². The van der Waals surface area contributed by atoms with E-state index in [1.54, 1.807) is 30.8 Å². The van der Waals surface area contributed by atoms with Crippen LogP contribution in [0.1, 0.15) is 33.3 Å². The van der Waals surface area contributed by atoms with Crippen molar-refractivity contribution in [2.24, 2.45) is 0 Å². The van der Waals surface area contributed by atoms with Crippen LogP contribution in [-0.4, -0.2) is 24.1 Å². The Labute approximate surface area is 185 Å². The monoisotopic (exact) mass is 438 g/mol. The summed E-state index contributed by atoms with van der Waals surface area (Å²) in [5.41, 5.74) is 3.30. The summed E-state index contributed by atoms with van der Waals surface area (Å²) in [5, 5.41) is 0. The summed E-state index contributed by atoms with van der Waals surface area (Å²) in [6.45, 7) is 7.92. The fourth-order valence-electron chi connectivity index (χ4n) is 3.00. The number of pyridine rings is 1. The molecule has 154 valence electrons. The Morgan fingerprint density at radius 2 is 1.87 bits per heavy atom. The van der Waals surface area contributed by atoms with Crippen molar-refractivity contribution in [1.82, 2.24) is 0 Å². The Kier molecular flexibility index (Phi) is 7.60. The number of ether oxygens (including phenoxy) is 1. The second-order valence-electron chi connectivity index (χ2n) is 6.61. The van der Waals surface area contributed by atoms with Crippen LogP contribution < -0.4 is 4.57 Å². The van der Waals surface area contributed by atoms with E-state index in [0.717, 1.165) is 15.5 Å². The van der Waals surface area contributed by atoms with Gasteiger partial charge in [0.15, 0.2) is 12.4 Å². The van der Waals surface area contributed by atoms with E-state index in [2.05, 4.69) is 6.58 Å². The lowest BCUT2D eigenvalue weighted by Gasteiger charge is -2.05. The van der Waals surface area contributed by atoms with Gasteiger partial charge in [0.25, 0.3) is 0 Å². The maximum Gasteiger partial charge on any atom is 0.310 e. The van der Waals surface area contributed by atoms with E-state index in [0.29, 0.717) is 28.4 Å². The summed E-state index contributed by atoms with van der Waals surface area (Å²) in [7, 11) is 0. The molecule has 0 amide bonds. The molecule has 4 nitrogen and oxygen atoms in total. The van der Waals surface area contributed by atoms with Crippen molar-refractivity contribution in [2.75, 3.05) is 12.4 Å². The SMILES string of the molecule is C=CCSc1sc(C(=O)c2ccccc2)c(CC(=O)OCC)c1-[n+]1ccc(C)cc1. The minimum atomic E-state index is -0.341. The van der Waals surface area contributed by atoms with E-state index >= 15 is 0 Å². The summed E-state index contributed by atoms with van der Waals surface area (Å²) in [6, 6.07) is 13.2. The Bertz CT molecular complexity index is 1040. The molecular formula is C24H24NO3S2+. The maximum absolute atomic E-state index is 13.4. The molecule has 0 aliphatic carbocycles. The minimum absolute atomic E-state index is 0.0447. The van der Waals surface area contributed by atoms with Gasteiger partial charge in [-0.1, -0.05) is 36.4 Å². The third kappa shape index (κ3) is 5.07. The van der Waals surface area contributed by atoms with Gasteiger partial charge in [-0.25, -0.2) is 0 Å². The molecule has 6 heteroatoms. The predicted molar refractivity (Wildman–Crippen MR) is 122 cm³/mol. The molecule has 30 heavy (non-hydrogen) atoms. The molecule has 0 aliphatic heterocycles. The van der Waals surface area contributed by atoms with Crippen molar-refractivity contribution in [3.8, 4) is 5.69 Å². The first-order chi connectivity index (χ1) is 14.5. The molecule has 0 fully saturated rings. The lowest BCUT2D eigenvalue weighted by molar-refractivity contribution is -0.598. The van der Waals surface area contributed by atoms with E-state index in [9.17, 15) is 9.59 Å². The number of thioether (sulfide) groups is 1. The van der Waals surface area contributed by atoms with Crippen molar-refractivity contribution in [1.29, 1.82) is 0 Å². The van der Waals surface area contributed by atoms with Gasteiger partial charge >= 0.3 is 5.97 Å². The largest absolute Gasteiger partial charge is 0.466 e. The van der Waals surface area contributed by atoms with Crippen LogP contribution in [0.2, 0.25) is 0 Å². The van der Waals surface area contributed by atoms with Crippen molar-refractivity contribution in [3.05, 3.63) is 89.1 Å². The van der Waals surface area contributed by atoms with Gasteiger partial charge in [-0.05, 0) is 19.4 Å². The van der Waals surface area contributed by atoms with Gasteiger partial charge in [0.1, 0.15) is 4.21 Å². The number of aryl methyl sites for hydroxylation is 1. The van der Waals surface area contributed by atoms with Crippen molar-refractivity contribution >= 4 is 34.9 Å². The minimum Gasteiger partial charge on any atom is -0.466 e. The zero-order valence-corrected chi connectivity index (χ0v) is 18.7. The van der Waals surface area contributed by atoms with Crippen LogP contribution in [0.3, 0.4) is 0 Å². The number of ketones is 1. The standard InChI is InChI=1S/C24H24NO3S2/c1-4-15-29-24-21(25-13-11-17(3)12-14-25)19(16-20(26)28-5-2)23(30-24)22(27)18-9-7-6-8-10-18/h4,6-14H,1,5,15-16H2,2-3H3/q+1. The number of carbonyl (C=O) groups excluding carboxylic acids is 2. The lowest BCUT2D eigenvalue weighted by atomic mass is 10.0. The highest BCUT2D eigenvalue weighted by atomic mass is 32.2. The number of hydrogen-bond acceptors (Lipinski definition) is 5. The smallest absolute Gasteiger partial charge is 0.310 e. The second-order valence-corrected chi connectivity index (χ2v) is 8.91. The second kappa shape index (κ2) is 10.4. The fourth-order valence-corrected chi connectivity index (χ4v) is 5.34. The van der Waals surface area contributed by atoms with Gasteiger partial charge in [-0.3, -0.25) is 9.59 Å². The first-order valence-corrected chi connectivity index (χ1v) is 11.5. The Morgan fingerprint density at radius 3 is 2.50 bits per heavy atom. The number of rotatable bonds is 9. The maximum atomic E-state index is 13.4. The third-order valence-corrected chi connectivity index (χ3v) is 6.88. The molecule has 0 N–H and O–H groups in total. The van der Waals surface area contributed by atoms with Crippen LogP contribution in [0.25, 0.3) is 5.69 Å². The lowest BCUT2D eigenvalue weighted by Crippen LogP contribution is -2.31. The normalized spacial score (nSPS) is 10.6. The molecule has 0 saturated carbocycles. The van der Waals surface area contributed by atoms with E-state index in [-0.39, 0.29) is 18.2 Å². The van der Waals surface area contributed by atoms with Crippen LogP contribution in [0.4, 0.5) is 0 Å². The molecule has 2 heterocycles. The highest BCUT2D eigenvalue weighted by Gasteiger charge is 2.31. The summed E-state index contributed by atoms with van der Waals surface area (Å²) in [5.74, 6) is 0.281. The van der Waals surface area contributed by atoms with Gasteiger partial charge in [0.05, 0.1) is 23.5 Å². The first-order valence-electron chi connectivity index (χ1n) is 9.68. The highest BCUT2D eigenvalue weighted by molar-refractivity contribution is 8.01. The number of benzene rings is 1. The zero-order valence-electron chi connectivity index (χ0n) is 17.1. The van der Waals surface area contributed by atoms with Crippen molar-refractivity contribution < 1.29 is 18.9 Å². The summed E-state index contributed by atoms with van der Waals surface area (Å²) in [6.07, 6.45) is 5.79. The van der Waals surface area contributed by atoms with Gasteiger partial charge in [0, 0.05) is 23.4 Å². The number of carbonyl (C=O) groups is 2. The molecule has 1 aromatic carbocycles. The zero-order chi connectivity index (χ0) is 21.5. The van der Waals surface area contributed by atoms with Crippen LogP contribution >= 0.6 is 23.1 Å². The van der Waals surface area contributed by atoms with Gasteiger partial charge in [0.2, 0.25) is 11.5 Å². The highest BCUT2D eigenvalue weighted by Crippen LogP contribution is 2.38. The molecule has 3 rings (SSSR count). The van der Waals surface area contributed by atoms with E-state index in [1.165, 1.54) is 11.3 Å².